The number of alkyl halides is 5. The van der Waals surface area contributed by atoms with Crippen molar-refractivity contribution in [3.05, 3.63) is 70.5 Å². The molecule has 0 spiro atoms. The molecule has 8 nitrogen and oxygen atoms in total. The molecule has 248 valence electrons. The zero-order valence-electron chi connectivity index (χ0n) is 26.1. The second-order valence-electron chi connectivity index (χ2n) is 13.1. The fraction of sp³-hybridized carbons (Fsp3) is 0.485. The van der Waals surface area contributed by atoms with Crippen molar-refractivity contribution in [1.82, 2.24) is 14.9 Å². The van der Waals surface area contributed by atoms with E-state index in [-0.39, 0.29) is 47.7 Å². The van der Waals surface area contributed by atoms with Crippen molar-refractivity contribution < 1.29 is 36.6 Å². The van der Waals surface area contributed by atoms with Crippen LogP contribution in [0.25, 0.3) is 0 Å². The first kappa shape index (κ1) is 33.5. The number of nitrogens with one attached hydrogen (secondary N) is 2. The van der Waals surface area contributed by atoms with Crippen LogP contribution < -0.4 is 15.4 Å². The molecule has 2 aliphatic heterocycles. The van der Waals surface area contributed by atoms with Crippen molar-refractivity contribution >= 4 is 23.2 Å². The van der Waals surface area contributed by atoms with Gasteiger partial charge in [0.25, 0.3) is 0 Å². The van der Waals surface area contributed by atoms with Gasteiger partial charge >= 0.3 is 12.8 Å². The van der Waals surface area contributed by atoms with Crippen LogP contribution in [0.5, 0.6) is 5.75 Å². The summed E-state index contributed by atoms with van der Waals surface area (Å²) in [5.74, 6) is -0.486. The van der Waals surface area contributed by atoms with Crippen LogP contribution in [-0.4, -0.2) is 57.7 Å². The van der Waals surface area contributed by atoms with Gasteiger partial charge in [0, 0.05) is 18.4 Å². The van der Waals surface area contributed by atoms with Gasteiger partial charge in [-0.15, -0.1) is 0 Å². The number of aliphatic hydroxyl groups is 1. The fourth-order valence-corrected chi connectivity index (χ4v) is 6.38. The van der Waals surface area contributed by atoms with Gasteiger partial charge in [-0.1, -0.05) is 18.2 Å². The van der Waals surface area contributed by atoms with Gasteiger partial charge in [0.15, 0.2) is 0 Å². The maximum Gasteiger partial charge on any atom is 0.419 e. The minimum absolute atomic E-state index is 0.0796. The molecule has 1 aromatic heterocycles. The lowest BCUT2D eigenvalue weighted by atomic mass is 9.82. The summed E-state index contributed by atoms with van der Waals surface area (Å²) in [4.78, 5) is 22.7. The summed E-state index contributed by atoms with van der Waals surface area (Å²) < 4.78 is 73.7. The Hall–Kier alpha value is -3.84. The predicted octanol–water partition coefficient (Wildman–Crippen LogP) is 6.81. The molecule has 3 heterocycles. The van der Waals surface area contributed by atoms with Gasteiger partial charge in [-0.05, 0) is 107 Å². The number of carbonyl (C=O) groups is 1. The summed E-state index contributed by atoms with van der Waals surface area (Å²) in [7, 11) is 0. The molecule has 0 aliphatic carbocycles. The molecule has 46 heavy (non-hydrogen) atoms. The zero-order chi connectivity index (χ0) is 33.4. The number of aryl methyl sites for hydroxylation is 2. The highest BCUT2D eigenvalue weighted by Crippen LogP contribution is 2.41. The summed E-state index contributed by atoms with van der Waals surface area (Å²) in [5, 5.41) is 15.7. The minimum Gasteiger partial charge on any atom is -0.433 e. The lowest BCUT2D eigenvalue weighted by molar-refractivity contribution is -0.138. The lowest BCUT2D eigenvalue weighted by Crippen LogP contribution is -2.42. The zero-order valence-corrected chi connectivity index (χ0v) is 26.1. The maximum absolute atomic E-state index is 14.0. The number of likely N-dealkylation sites (tertiary alicyclic amines) is 1. The molecule has 5 rings (SSSR count). The molecule has 13 heteroatoms. The summed E-state index contributed by atoms with van der Waals surface area (Å²) >= 11 is 0. The molecule has 0 unspecified atom stereocenters. The predicted molar refractivity (Wildman–Crippen MR) is 164 cm³/mol. The highest BCUT2D eigenvalue weighted by molar-refractivity contribution is 6.06. The Morgan fingerprint density at radius 2 is 1.85 bits per heavy atom. The molecular formula is C33H38F5N5O3. The first-order valence-electron chi connectivity index (χ1n) is 15.2. The molecule has 2 aromatic carbocycles. The summed E-state index contributed by atoms with van der Waals surface area (Å²) in [6.45, 7) is 5.88. The van der Waals surface area contributed by atoms with Crippen LogP contribution in [0.3, 0.4) is 0 Å². The van der Waals surface area contributed by atoms with Crippen LogP contribution in [0.15, 0.2) is 42.6 Å². The number of hydrogen-bond acceptors (Lipinski definition) is 7. The Bertz CT molecular complexity index is 1580. The van der Waals surface area contributed by atoms with Crippen molar-refractivity contribution in [3.8, 4) is 5.75 Å². The van der Waals surface area contributed by atoms with Crippen LogP contribution in [0.2, 0.25) is 0 Å². The summed E-state index contributed by atoms with van der Waals surface area (Å²) in [5.41, 5.74) is 0.00768. The summed E-state index contributed by atoms with van der Waals surface area (Å²) in [6.07, 6.45) is -2.47. The van der Waals surface area contributed by atoms with Crippen LogP contribution in [-0.2, 0) is 29.2 Å². The van der Waals surface area contributed by atoms with E-state index in [9.17, 15) is 31.9 Å². The third kappa shape index (κ3) is 7.58. The number of nitrogens with zero attached hydrogens (tertiary/aromatic N) is 3. The maximum atomic E-state index is 14.0. The van der Waals surface area contributed by atoms with Crippen molar-refractivity contribution in [3.63, 3.8) is 0 Å². The van der Waals surface area contributed by atoms with E-state index in [0.717, 1.165) is 42.6 Å². The third-order valence-electron chi connectivity index (χ3n) is 8.53. The third-order valence-corrected chi connectivity index (χ3v) is 8.53. The van der Waals surface area contributed by atoms with Crippen molar-refractivity contribution in [1.29, 1.82) is 0 Å². The standard InChI is InChI=1S/C33H38F5N5O3/c1-31(2,45)18-43-14-12-19(13-15-43)21-9-11-24(26(16-21)46-29(34)35)42-30-39-17-22(33(36,37)38)23(41-30)10-8-20-6-5-7-25-27(20)32(3,4)28(44)40-25/h5-7,9,11,16-17,19,29,45H,8,10,12-15,18H2,1-4H3,(H,40,44)(H,39,41,42). The second-order valence-corrected chi connectivity index (χ2v) is 13.1. The number of rotatable bonds is 10. The van der Waals surface area contributed by atoms with E-state index in [1.165, 1.54) is 12.1 Å². The van der Waals surface area contributed by atoms with Gasteiger partial charge in [-0.2, -0.15) is 22.0 Å². The molecule has 0 saturated carbocycles. The van der Waals surface area contributed by atoms with E-state index >= 15 is 0 Å². The van der Waals surface area contributed by atoms with Gasteiger partial charge in [0.05, 0.1) is 28.0 Å². The van der Waals surface area contributed by atoms with Crippen LogP contribution in [0, 0.1) is 0 Å². The lowest BCUT2D eigenvalue weighted by Gasteiger charge is -2.35. The van der Waals surface area contributed by atoms with E-state index in [4.69, 9.17) is 4.74 Å². The quantitative estimate of drug-likeness (QED) is 0.208. The number of halogens is 5. The molecule has 3 aromatic rings. The van der Waals surface area contributed by atoms with Crippen molar-refractivity contribution in [2.75, 3.05) is 30.3 Å². The second kappa shape index (κ2) is 12.7. The first-order chi connectivity index (χ1) is 21.5. The van der Waals surface area contributed by atoms with E-state index < -0.39 is 29.4 Å². The number of anilines is 3. The molecule has 0 bridgehead atoms. The number of benzene rings is 2. The molecule has 0 radical (unpaired) electrons. The van der Waals surface area contributed by atoms with Crippen molar-refractivity contribution in [2.45, 2.75) is 83.1 Å². The number of fused-ring (bicyclic) bond motifs is 1. The monoisotopic (exact) mass is 647 g/mol. The number of piperidine rings is 1. The minimum atomic E-state index is -4.72. The first-order valence-corrected chi connectivity index (χ1v) is 15.2. The number of carbonyl (C=O) groups excluding carboxylic acids is 1. The van der Waals surface area contributed by atoms with Gasteiger partial charge < -0.3 is 25.4 Å². The summed E-state index contributed by atoms with van der Waals surface area (Å²) in [6, 6.07) is 10.1. The molecular weight excluding hydrogens is 609 g/mol. The Balaban J connectivity index is 1.38. The highest BCUT2D eigenvalue weighted by atomic mass is 19.4. The number of β-amino-alcohol motifs (C(OH)–C–C–N with tert-alkyl or cyclic N) is 1. The Kier molecular flexibility index (Phi) is 9.29. The van der Waals surface area contributed by atoms with Crippen LogP contribution in [0.4, 0.5) is 39.3 Å². The average molecular weight is 648 g/mol. The molecule has 0 atom stereocenters. The van der Waals surface area contributed by atoms with Crippen LogP contribution in [0.1, 0.15) is 74.4 Å². The largest absolute Gasteiger partial charge is 0.433 e. The topological polar surface area (TPSA) is 99.6 Å². The van der Waals surface area contributed by atoms with E-state index in [2.05, 4.69) is 25.5 Å². The molecule has 1 saturated heterocycles. The number of amides is 1. The molecule has 2 aliphatic rings. The number of hydrogen-bond donors (Lipinski definition) is 3. The van der Waals surface area contributed by atoms with Crippen molar-refractivity contribution in [2.24, 2.45) is 0 Å². The SMILES string of the molecule is CC(C)(O)CN1CCC(c2ccc(Nc3ncc(C(F)(F)F)c(CCc4cccc5c4C(C)(C)C(=O)N5)n3)c(OC(F)F)c2)CC1. The Morgan fingerprint density at radius 3 is 2.50 bits per heavy atom. The van der Waals surface area contributed by atoms with Gasteiger partial charge in [0.1, 0.15) is 5.75 Å². The highest BCUT2D eigenvalue weighted by Gasteiger charge is 2.40. The number of aromatic nitrogens is 2. The van der Waals surface area contributed by atoms with Gasteiger partial charge in [-0.3, -0.25) is 4.79 Å². The smallest absolute Gasteiger partial charge is 0.419 e. The van der Waals surface area contributed by atoms with Gasteiger partial charge in [0.2, 0.25) is 11.9 Å². The van der Waals surface area contributed by atoms with Crippen LogP contribution >= 0.6 is 0 Å². The Labute approximate surface area is 264 Å². The molecule has 1 fully saturated rings. The van der Waals surface area contributed by atoms with Gasteiger partial charge in [-0.25, -0.2) is 9.97 Å². The van der Waals surface area contributed by atoms with E-state index in [1.54, 1.807) is 52.0 Å². The average Bonchev–Trinajstić information content (AvgIpc) is 3.19. The van der Waals surface area contributed by atoms with E-state index in [1.807, 2.05) is 0 Å². The van der Waals surface area contributed by atoms with E-state index in [0.29, 0.717) is 18.4 Å². The fourth-order valence-electron chi connectivity index (χ4n) is 6.38. The molecule has 3 N–H and O–H groups in total. The number of ether oxygens (including phenoxy) is 1. The molecule has 1 amide bonds. The Morgan fingerprint density at radius 1 is 1.13 bits per heavy atom. The normalized spacial score (nSPS) is 17.2.